The molecule has 1 aromatic carbocycles. The third-order valence-corrected chi connectivity index (χ3v) is 4.66. The van der Waals surface area contributed by atoms with Gasteiger partial charge in [0.15, 0.2) is 0 Å². The average molecular weight is 340 g/mol. The molecule has 0 saturated heterocycles. The van der Waals surface area contributed by atoms with Crippen molar-refractivity contribution in [1.29, 1.82) is 0 Å². The molecule has 4 heteroatoms. The highest BCUT2D eigenvalue weighted by atomic mass is 79.9. The maximum atomic E-state index is 5.80. The molecule has 0 amide bonds. The predicted molar refractivity (Wildman–Crippen MR) is 86.3 cm³/mol. The first-order valence-electron chi connectivity index (χ1n) is 6.40. The van der Waals surface area contributed by atoms with Crippen LogP contribution in [0.1, 0.15) is 23.8 Å². The highest BCUT2D eigenvalue weighted by Gasteiger charge is 2.06. The Hall–Kier alpha value is -1.00. The Bertz CT molecular complexity index is 539. The molecule has 1 aromatic heterocycles. The van der Waals surface area contributed by atoms with Crippen LogP contribution in [0.2, 0.25) is 0 Å². The van der Waals surface area contributed by atoms with E-state index in [9.17, 15) is 0 Å². The van der Waals surface area contributed by atoms with Gasteiger partial charge in [-0.15, -0.1) is 11.3 Å². The fourth-order valence-electron chi connectivity index (χ4n) is 1.73. The van der Waals surface area contributed by atoms with Crippen LogP contribution in [0, 0.1) is 6.92 Å². The lowest BCUT2D eigenvalue weighted by molar-refractivity contribution is 0.318. The minimum Gasteiger partial charge on any atom is -0.491 e. The summed E-state index contributed by atoms with van der Waals surface area (Å²) in [4.78, 5) is 1.29. The lowest BCUT2D eigenvalue weighted by atomic mass is 10.2. The number of hydrogen-bond donors (Lipinski definition) is 1. The Morgan fingerprint density at radius 2 is 2.16 bits per heavy atom. The first-order chi connectivity index (χ1) is 9.20. The maximum absolute atomic E-state index is 5.80. The molecule has 1 heterocycles. The SMILES string of the molecule is CCCOc1cc(C)ccc1NCc1sccc1Br. The van der Waals surface area contributed by atoms with Crippen LogP contribution < -0.4 is 10.1 Å². The van der Waals surface area contributed by atoms with E-state index in [0.717, 1.165) is 35.5 Å². The molecule has 102 valence electrons. The van der Waals surface area contributed by atoms with E-state index in [1.165, 1.54) is 10.4 Å². The predicted octanol–water partition coefficient (Wildman–Crippen LogP) is 5.22. The standard InChI is InChI=1S/C15H18BrNOS/c1-3-7-18-14-9-11(2)4-5-13(14)17-10-15-12(16)6-8-19-15/h4-6,8-9,17H,3,7,10H2,1-2H3. The van der Waals surface area contributed by atoms with Crippen LogP contribution in [0.3, 0.4) is 0 Å². The lowest BCUT2D eigenvalue weighted by Gasteiger charge is -2.13. The zero-order valence-corrected chi connectivity index (χ0v) is 13.6. The minimum absolute atomic E-state index is 0.751. The van der Waals surface area contributed by atoms with Crippen molar-refractivity contribution in [2.24, 2.45) is 0 Å². The van der Waals surface area contributed by atoms with Crippen LogP contribution in [0.4, 0.5) is 5.69 Å². The topological polar surface area (TPSA) is 21.3 Å². The molecule has 0 aliphatic heterocycles. The monoisotopic (exact) mass is 339 g/mol. The van der Waals surface area contributed by atoms with Gasteiger partial charge in [0, 0.05) is 9.35 Å². The summed E-state index contributed by atoms with van der Waals surface area (Å²) in [7, 11) is 0. The van der Waals surface area contributed by atoms with Crippen molar-refractivity contribution in [2.75, 3.05) is 11.9 Å². The molecular formula is C15H18BrNOS. The lowest BCUT2D eigenvalue weighted by Crippen LogP contribution is -2.03. The fraction of sp³-hybridized carbons (Fsp3) is 0.333. The van der Waals surface area contributed by atoms with E-state index in [0.29, 0.717) is 0 Å². The smallest absolute Gasteiger partial charge is 0.142 e. The molecule has 0 bridgehead atoms. The molecule has 0 atom stereocenters. The summed E-state index contributed by atoms with van der Waals surface area (Å²) in [6, 6.07) is 8.35. The summed E-state index contributed by atoms with van der Waals surface area (Å²) in [6.45, 7) is 5.76. The zero-order valence-electron chi connectivity index (χ0n) is 11.2. The third-order valence-electron chi connectivity index (χ3n) is 2.73. The summed E-state index contributed by atoms with van der Waals surface area (Å²) < 4.78 is 6.96. The van der Waals surface area contributed by atoms with Gasteiger partial charge in [-0.25, -0.2) is 0 Å². The van der Waals surface area contributed by atoms with Gasteiger partial charge in [0.1, 0.15) is 5.75 Å². The van der Waals surface area contributed by atoms with Crippen molar-refractivity contribution >= 4 is 33.0 Å². The van der Waals surface area contributed by atoms with E-state index >= 15 is 0 Å². The van der Waals surface area contributed by atoms with Gasteiger partial charge in [0.25, 0.3) is 0 Å². The Morgan fingerprint density at radius 3 is 2.84 bits per heavy atom. The Balaban J connectivity index is 2.08. The van der Waals surface area contributed by atoms with Gasteiger partial charge < -0.3 is 10.1 Å². The highest BCUT2D eigenvalue weighted by molar-refractivity contribution is 9.10. The summed E-state index contributed by atoms with van der Waals surface area (Å²) in [5, 5.41) is 5.54. The van der Waals surface area contributed by atoms with Gasteiger partial charge in [-0.05, 0) is 58.4 Å². The minimum atomic E-state index is 0.751. The number of nitrogens with one attached hydrogen (secondary N) is 1. The Morgan fingerprint density at radius 1 is 1.32 bits per heavy atom. The quantitative estimate of drug-likeness (QED) is 0.778. The van der Waals surface area contributed by atoms with E-state index in [-0.39, 0.29) is 0 Å². The summed E-state index contributed by atoms with van der Waals surface area (Å²) in [5.74, 6) is 0.939. The fourth-order valence-corrected chi connectivity index (χ4v) is 3.17. The van der Waals surface area contributed by atoms with E-state index in [2.05, 4.69) is 64.7 Å². The number of aryl methyl sites for hydroxylation is 1. The molecular weight excluding hydrogens is 322 g/mol. The molecule has 0 saturated carbocycles. The maximum Gasteiger partial charge on any atom is 0.142 e. The highest BCUT2D eigenvalue weighted by Crippen LogP contribution is 2.28. The van der Waals surface area contributed by atoms with Crippen LogP contribution in [0.25, 0.3) is 0 Å². The van der Waals surface area contributed by atoms with E-state index in [4.69, 9.17) is 4.74 Å². The molecule has 0 aliphatic rings. The van der Waals surface area contributed by atoms with Crippen molar-refractivity contribution in [3.63, 3.8) is 0 Å². The molecule has 0 fully saturated rings. The van der Waals surface area contributed by atoms with Crippen molar-refractivity contribution in [3.05, 3.63) is 44.6 Å². The third kappa shape index (κ3) is 3.98. The normalized spacial score (nSPS) is 10.5. The van der Waals surface area contributed by atoms with E-state index in [1.54, 1.807) is 11.3 Å². The first kappa shape index (κ1) is 14.4. The van der Waals surface area contributed by atoms with Gasteiger partial charge in [-0.1, -0.05) is 13.0 Å². The Kier molecular flexibility index (Phi) is 5.28. The first-order valence-corrected chi connectivity index (χ1v) is 8.07. The molecule has 2 nitrogen and oxygen atoms in total. The molecule has 0 aliphatic carbocycles. The second-order valence-corrected chi connectivity index (χ2v) is 6.25. The van der Waals surface area contributed by atoms with Crippen LogP contribution in [0.5, 0.6) is 5.75 Å². The van der Waals surface area contributed by atoms with Crippen LogP contribution in [0.15, 0.2) is 34.1 Å². The number of ether oxygens (including phenoxy) is 1. The second kappa shape index (κ2) is 6.96. The van der Waals surface area contributed by atoms with E-state index < -0.39 is 0 Å². The molecule has 0 spiro atoms. The van der Waals surface area contributed by atoms with Crippen molar-refractivity contribution in [2.45, 2.75) is 26.8 Å². The van der Waals surface area contributed by atoms with Crippen LogP contribution in [-0.2, 0) is 6.54 Å². The number of halogens is 1. The van der Waals surface area contributed by atoms with Crippen molar-refractivity contribution < 1.29 is 4.74 Å². The van der Waals surface area contributed by atoms with Crippen molar-refractivity contribution in [3.8, 4) is 5.75 Å². The molecule has 0 unspecified atom stereocenters. The van der Waals surface area contributed by atoms with Gasteiger partial charge in [-0.3, -0.25) is 0 Å². The summed E-state index contributed by atoms with van der Waals surface area (Å²) in [6.07, 6.45) is 1.02. The second-order valence-electron chi connectivity index (χ2n) is 4.39. The largest absolute Gasteiger partial charge is 0.491 e. The van der Waals surface area contributed by atoms with Gasteiger partial charge in [0.2, 0.25) is 0 Å². The average Bonchev–Trinajstić information content (AvgIpc) is 2.81. The summed E-state index contributed by atoms with van der Waals surface area (Å²) in [5.41, 5.74) is 2.27. The van der Waals surface area contributed by atoms with Gasteiger partial charge in [0.05, 0.1) is 18.8 Å². The number of rotatable bonds is 6. The van der Waals surface area contributed by atoms with Gasteiger partial charge >= 0.3 is 0 Å². The number of thiophene rings is 1. The van der Waals surface area contributed by atoms with Crippen LogP contribution in [-0.4, -0.2) is 6.61 Å². The zero-order chi connectivity index (χ0) is 13.7. The number of anilines is 1. The van der Waals surface area contributed by atoms with Gasteiger partial charge in [-0.2, -0.15) is 0 Å². The molecule has 2 rings (SSSR count). The molecule has 1 N–H and O–H groups in total. The molecule has 19 heavy (non-hydrogen) atoms. The number of benzene rings is 1. The van der Waals surface area contributed by atoms with E-state index in [1.807, 2.05) is 0 Å². The molecule has 0 radical (unpaired) electrons. The summed E-state index contributed by atoms with van der Waals surface area (Å²) >= 11 is 5.30. The Labute approximate surface area is 126 Å². The number of hydrogen-bond acceptors (Lipinski definition) is 3. The molecule has 2 aromatic rings. The van der Waals surface area contributed by atoms with Crippen molar-refractivity contribution in [1.82, 2.24) is 0 Å². The van der Waals surface area contributed by atoms with Crippen LogP contribution >= 0.6 is 27.3 Å².